The average molecular weight is 279 g/mol. The SMILES string of the molecule is Cn1c(CNCCCC(F)(F)F)cc(=O)n(C)c1=O. The Labute approximate surface area is 107 Å². The first-order chi connectivity index (χ1) is 8.72. The second-order valence-corrected chi connectivity index (χ2v) is 4.27. The van der Waals surface area contributed by atoms with Gasteiger partial charge in [-0.3, -0.25) is 13.9 Å². The van der Waals surface area contributed by atoms with Crippen molar-refractivity contribution in [3.05, 3.63) is 32.6 Å². The van der Waals surface area contributed by atoms with Crippen LogP contribution < -0.4 is 16.6 Å². The molecule has 0 aliphatic carbocycles. The minimum absolute atomic E-state index is 0.0394. The Morgan fingerprint density at radius 1 is 1.21 bits per heavy atom. The highest BCUT2D eigenvalue weighted by Gasteiger charge is 2.25. The summed E-state index contributed by atoms with van der Waals surface area (Å²) in [6, 6.07) is 1.29. The van der Waals surface area contributed by atoms with Crippen molar-refractivity contribution in [2.75, 3.05) is 6.54 Å². The zero-order chi connectivity index (χ0) is 14.6. The smallest absolute Gasteiger partial charge is 0.311 e. The molecule has 1 aromatic rings. The topological polar surface area (TPSA) is 56.0 Å². The number of hydrogen-bond donors (Lipinski definition) is 1. The summed E-state index contributed by atoms with van der Waals surface area (Å²) >= 11 is 0. The molecule has 108 valence electrons. The minimum atomic E-state index is -4.16. The van der Waals surface area contributed by atoms with E-state index in [-0.39, 0.29) is 19.5 Å². The van der Waals surface area contributed by atoms with Gasteiger partial charge in [0.2, 0.25) is 0 Å². The zero-order valence-corrected chi connectivity index (χ0v) is 10.8. The average Bonchev–Trinajstić information content (AvgIpc) is 2.31. The zero-order valence-electron chi connectivity index (χ0n) is 10.8. The maximum atomic E-state index is 11.9. The Morgan fingerprint density at radius 3 is 2.42 bits per heavy atom. The lowest BCUT2D eigenvalue weighted by molar-refractivity contribution is -0.135. The van der Waals surface area contributed by atoms with E-state index < -0.39 is 23.8 Å². The van der Waals surface area contributed by atoms with Crippen LogP contribution in [0.1, 0.15) is 18.5 Å². The quantitative estimate of drug-likeness (QED) is 0.799. The normalized spacial score (nSPS) is 11.8. The summed E-state index contributed by atoms with van der Waals surface area (Å²) in [6.45, 7) is 0.350. The number of halogens is 3. The minimum Gasteiger partial charge on any atom is -0.311 e. The predicted molar refractivity (Wildman–Crippen MR) is 63.9 cm³/mol. The van der Waals surface area contributed by atoms with E-state index in [2.05, 4.69) is 5.32 Å². The van der Waals surface area contributed by atoms with Crippen molar-refractivity contribution in [2.24, 2.45) is 14.1 Å². The predicted octanol–water partition coefficient (Wildman–Crippen LogP) is 0.516. The van der Waals surface area contributed by atoms with Crippen LogP contribution in [0.25, 0.3) is 0 Å². The second kappa shape index (κ2) is 6.05. The van der Waals surface area contributed by atoms with Gasteiger partial charge < -0.3 is 5.32 Å². The Kier molecular flexibility index (Phi) is 4.93. The van der Waals surface area contributed by atoms with Gasteiger partial charge in [-0.15, -0.1) is 0 Å². The summed E-state index contributed by atoms with van der Waals surface area (Å²) in [5, 5.41) is 2.78. The van der Waals surface area contributed by atoms with Crippen LogP contribution in [0, 0.1) is 0 Å². The molecule has 1 heterocycles. The number of nitrogens with one attached hydrogen (secondary N) is 1. The van der Waals surface area contributed by atoms with Crippen LogP contribution in [-0.4, -0.2) is 21.9 Å². The molecular formula is C11H16F3N3O2. The molecule has 0 saturated carbocycles. The highest BCUT2D eigenvalue weighted by molar-refractivity contribution is 5.01. The Bertz CT molecular complexity index is 546. The van der Waals surface area contributed by atoms with Crippen LogP contribution in [0.5, 0.6) is 0 Å². The third-order valence-electron chi connectivity index (χ3n) is 2.75. The molecule has 1 rings (SSSR count). The molecule has 0 unspecified atom stereocenters. The van der Waals surface area contributed by atoms with E-state index in [1.165, 1.54) is 24.7 Å². The summed E-state index contributed by atoms with van der Waals surface area (Å²) in [4.78, 5) is 23.0. The molecular weight excluding hydrogens is 263 g/mol. The van der Waals surface area contributed by atoms with Crippen LogP contribution in [0.2, 0.25) is 0 Å². The molecule has 0 atom stereocenters. The van der Waals surface area contributed by atoms with Gasteiger partial charge in [0.05, 0.1) is 0 Å². The first-order valence-electron chi connectivity index (χ1n) is 5.76. The molecule has 0 saturated heterocycles. The van der Waals surface area contributed by atoms with Crippen LogP contribution in [0.3, 0.4) is 0 Å². The lowest BCUT2D eigenvalue weighted by Crippen LogP contribution is -2.39. The van der Waals surface area contributed by atoms with Gasteiger partial charge in [-0.25, -0.2) is 4.79 Å². The van der Waals surface area contributed by atoms with Crippen molar-refractivity contribution >= 4 is 0 Å². The molecule has 0 spiro atoms. The highest BCUT2D eigenvalue weighted by Crippen LogP contribution is 2.20. The fraction of sp³-hybridized carbons (Fsp3) is 0.636. The first kappa shape index (κ1) is 15.5. The summed E-state index contributed by atoms with van der Waals surface area (Å²) in [6.07, 6.45) is -5.05. The number of rotatable bonds is 5. The van der Waals surface area contributed by atoms with E-state index in [0.29, 0.717) is 5.69 Å². The van der Waals surface area contributed by atoms with Gasteiger partial charge in [0.15, 0.2) is 0 Å². The number of hydrogen-bond acceptors (Lipinski definition) is 3. The lowest BCUT2D eigenvalue weighted by atomic mass is 10.3. The van der Waals surface area contributed by atoms with Gasteiger partial charge in [0.1, 0.15) is 0 Å². The maximum Gasteiger partial charge on any atom is 0.389 e. The molecule has 0 bridgehead atoms. The van der Waals surface area contributed by atoms with Crippen molar-refractivity contribution in [1.82, 2.24) is 14.5 Å². The van der Waals surface area contributed by atoms with Crippen molar-refractivity contribution in [2.45, 2.75) is 25.6 Å². The van der Waals surface area contributed by atoms with Gasteiger partial charge >= 0.3 is 11.9 Å². The maximum absolute atomic E-state index is 11.9. The third-order valence-corrected chi connectivity index (χ3v) is 2.75. The highest BCUT2D eigenvalue weighted by atomic mass is 19.4. The van der Waals surface area contributed by atoms with Gasteiger partial charge in [-0.05, 0) is 13.0 Å². The summed E-state index contributed by atoms with van der Waals surface area (Å²) in [7, 11) is 2.87. The van der Waals surface area contributed by atoms with E-state index in [4.69, 9.17) is 0 Å². The van der Waals surface area contributed by atoms with Gasteiger partial charge in [-0.2, -0.15) is 13.2 Å². The van der Waals surface area contributed by atoms with Gasteiger partial charge in [0, 0.05) is 38.8 Å². The summed E-state index contributed by atoms with van der Waals surface area (Å²) in [5.41, 5.74) is -0.449. The van der Waals surface area contributed by atoms with E-state index >= 15 is 0 Å². The molecule has 0 aliphatic rings. The van der Waals surface area contributed by atoms with Crippen LogP contribution in [-0.2, 0) is 20.6 Å². The van der Waals surface area contributed by atoms with E-state index in [9.17, 15) is 22.8 Å². The van der Waals surface area contributed by atoms with E-state index in [0.717, 1.165) is 4.57 Å². The fourth-order valence-corrected chi connectivity index (χ4v) is 1.58. The number of alkyl halides is 3. The van der Waals surface area contributed by atoms with Crippen LogP contribution in [0.15, 0.2) is 15.7 Å². The molecule has 0 radical (unpaired) electrons. The number of nitrogens with zero attached hydrogens (tertiary/aromatic N) is 2. The molecule has 0 aromatic carbocycles. The molecule has 0 fully saturated rings. The van der Waals surface area contributed by atoms with Crippen molar-refractivity contribution in [3.63, 3.8) is 0 Å². The Balaban J connectivity index is 2.56. The molecule has 0 amide bonds. The van der Waals surface area contributed by atoms with Crippen molar-refractivity contribution in [3.8, 4) is 0 Å². The molecule has 5 nitrogen and oxygen atoms in total. The summed E-state index contributed by atoms with van der Waals surface area (Å²) < 4.78 is 38.0. The molecule has 1 aromatic heterocycles. The Morgan fingerprint density at radius 2 is 1.84 bits per heavy atom. The molecule has 19 heavy (non-hydrogen) atoms. The van der Waals surface area contributed by atoms with Crippen molar-refractivity contribution in [1.29, 1.82) is 0 Å². The fourth-order valence-electron chi connectivity index (χ4n) is 1.58. The monoisotopic (exact) mass is 279 g/mol. The number of aromatic nitrogens is 2. The van der Waals surface area contributed by atoms with Gasteiger partial charge in [0.25, 0.3) is 5.56 Å². The lowest BCUT2D eigenvalue weighted by Gasteiger charge is -2.11. The first-order valence-corrected chi connectivity index (χ1v) is 5.76. The second-order valence-electron chi connectivity index (χ2n) is 4.27. The van der Waals surface area contributed by atoms with E-state index in [1.807, 2.05) is 0 Å². The van der Waals surface area contributed by atoms with Crippen LogP contribution >= 0.6 is 0 Å². The molecule has 1 N–H and O–H groups in total. The third kappa shape index (κ3) is 4.55. The molecule has 8 heteroatoms. The van der Waals surface area contributed by atoms with Crippen molar-refractivity contribution < 1.29 is 13.2 Å². The van der Waals surface area contributed by atoms with Crippen LogP contribution in [0.4, 0.5) is 13.2 Å². The molecule has 0 aliphatic heterocycles. The largest absolute Gasteiger partial charge is 0.389 e. The van der Waals surface area contributed by atoms with Gasteiger partial charge in [-0.1, -0.05) is 0 Å². The standard InChI is InChI=1S/C11H16F3N3O2/c1-16-8(6-9(18)17(2)10(16)19)7-15-5-3-4-11(12,13)14/h6,15H,3-5,7H2,1-2H3. The Hall–Kier alpha value is -1.57. The van der Waals surface area contributed by atoms with E-state index in [1.54, 1.807) is 0 Å². The summed E-state index contributed by atoms with van der Waals surface area (Å²) in [5.74, 6) is 0.